The highest BCUT2D eigenvalue weighted by molar-refractivity contribution is 5.99. The molecule has 138 valence electrons. The lowest BCUT2D eigenvalue weighted by atomic mass is 10.00. The van der Waals surface area contributed by atoms with Gasteiger partial charge in [0, 0.05) is 29.9 Å². The molecule has 1 aliphatic rings. The van der Waals surface area contributed by atoms with Crippen molar-refractivity contribution >= 4 is 5.78 Å². The van der Waals surface area contributed by atoms with Crippen molar-refractivity contribution in [2.24, 2.45) is 0 Å². The van der Waals surface area contributed by atoms with Gasteiger partial charge in [-0.25, -0.2) is 0 Å². The molecule has 0 spiro atoms. The minimum Gasteiger partial charge on any atom is -0.492 e. The molecule has 4 rings (SSSR count). The van der Waals surface area contributed by atoms with Crippen LogP contribution in [-0.2, 0) is 0 Å². The summed E-state index contributed by atoms with van der Waals surface area (Å²) >= 11 is 0. The molecule has 0 radical (unpaired) electrons. The second-order valence-electron chi connectivity index (χ2n) is 6.64. The van der Waals surface area contributed by atoms with Crippen LogP contribution in [-0.4, -0.2) is 17.4 Å². The van der Waals surface area contributed by atoms with E-state index in [4.69, 9.17) is 14.7 Å². The second-order valence-corrected chi connectivity index (χ2v) is 6.64. The molecule has 0 saturated heterocycles. The number of hydrogen-bond donors (Lipinski definition) is 0. The lowest BCUT2D eigenvalue weighted by Crippen LogP contribution is -2.16. The number of ether oxygens (including phenoxy) is 2. The molecule has 1 aromatic heterocycles. The van der Waals surface area contributed by atoms with Gasteiger partial charge in [0.1, 0.15) is 17.6 Å². The van der Waals surface area contributed by atoms with Crippen molar-refractivity contribution in [1.29, 1.82) is 5.26 Å². The van der Waals surface area contributed by atoms with Gasteiger partial charge < -0.3 is 9.47 Å². The largest absolute Gasteiger partial charge is 0.492 e. The summed E-state index contributed by atoms with van der Waals surface area (Å²) in [4.78, 5) is 16.3. The van der Waals surface area contributed by atoms with Crippen LogP contribution in [0.15, 0.2) is 60.8 Å². The van der Waals surface area contributed by atoms with Crippen molar-refractivity contribution in [3.8, 4) is 17.6 Å². The first-order valence-electron chi connectivity index (χ1n) is 9.03. The van der Waals surface area contributed by atoms with E-state index in [0.29, 0.717) is 35.7 Å². The molecule has 0 unspecified atom stereocenters. The Morgan fingerprint density at radius 3 is 2.68 bits per heavy atom. The SMILES string of the molecule is Cc1cc([C@H](Oc2ccc3c(c2)OCCC3=O)c2ccc(C#N)cc2)ccn1. The maximum atomic E-state index is 12.0. The van der Waals surface area contributed by atoms with Gasteiger partial charge in [0.25, 0.3) is 0 Å². The third kappa shape index (κ3) is 3.58. The number of hydrogen-bond acceptors (Lipinski definition) is 5. The Morgan fingerprint density at radius 1 is 1.11 bits per heavy atom. The summed E-state index contributed by atoms with van der Waals surface area (Å²) in [6.07, 6.45) is 1.77. The molecule has 0 aliphatic carbocycles. The predicted molar refractivity (Wildman–Crippen MR) is 103 cm³/mol. The summed E-state index contributed by atoms with van der Waals surface area (Å²) in [6, 6.07) is 18.6. The van der Waals surface area contributed by atoms with Gasteiger partial charge in [0.2, 0.25) is 0 Å². The van der Waals surface area contributed by atoms with E-state index in [1.807, 2.05) is 31.2 Å². The van der Waals surface area contributed by atoms with Crippen LogP contribution in [0.3, 0.4) is 0 Å². The summed E-state index contributed by atoms with van der Waals surface area (Å²) in [5.41, 5.74) is 3.94. The third-order valence-corrected chi connectivity index (χ3v) is 4.66. The molecule has 0 saturated carbocycles. The molecule has 1 aliphatic heterocycles. The van der Waals surface area contributed by atoms with E-state index >= 15 is 0 Å². The van der Waals surface area contributed by atoms with Crippen molar-refractivity contribution in [2.75, 3.05) is 6.61 Å². The molecule has 0 fully saturated rings. The van der Waals surface area contributed by atoms with Gasteiger partial charge in [-0.15, -0.1) is 0 Å². The summed E-state index contributed by atoms with van der Waals surface area (Å²) in [5.74, 6) is 1.25. The number of benzene rings is 2. The zero-order valence-corrected chi connectivity index (χ0v) is 15.4. The van der Waals surface area contributed by atoms with Gasteiger partial charge >= 0.3 is 0 Å². The molecule has 3 aromatic rings. The van der Waals surface area contributed by atoms with Gasteiger partial charge in [-0.05, 0) is 48.9 Å². The van der Waals surface area contributed by atoms with Gasteiger partial charge in [-0.2, -0.15) is 5.26 Å². The van der Waals surface area contributed by atoms with E-state index in [1.54, 1.807) is 36.5 Å². The lowest BCUT2D eigenvalue weighted by molar-refractivity contribution is 0.0933. The Bertz CT molecular complexity index is 1070. The quantitative estimate of drug-likeness (QED) is 0.681. The average Bonchev–Trinajstić information content (AvgIpc) is 2.72. The number of pyridine rings is 1. The predicted octanol–water partition coefficient (Wildman–Crippen LogP) is 4.40. The van der Waals surface area contributed by atoms with Crippen LogP contribution < -0.4 is 9.47 Å². The summed E-state index contributed by atoms with van der Waals surface area (Å²) in [6.45, 7) is 2.32. The number of carbonyl (C=O) groups excluding carboxylic acids is 1. The first-order chi connectivity index (χ1) is 13.6. The molecule has 0 N–H and O–H groups in total. The maximum absolute atomic E-state index is 12.0. The number of rotatable bonds is 4. The van der Waals surface area contributed by atoms with Crippen LogP contribution in [0.5, 0.6) is 11.5 Å². The van der Waals surface area contributed by atoms with Crippen molar-refractivity contribution in [3.05, 3.63) is 88.7 Å². The molecular weight excluding hydrogens is 352 g/mol. The average molecular weight is 370 g/mol. The topological polar surface area (TPSA) is 72.2 Å². The van der Waals surface area contributed by atoms with Crippen LogP contribution in [0, 0.1) is 18.3 Å². The Morgan fingerprint density at radius 2 is 1.93 bits per heavy atom. The van der Waals surface area contributed by atoms with E-state index in [-0.39, 0.29) is 11.9 Å². The van der Waals surface area contributed by atoms with E-state index < -0.39 is 0 Å². The van der Waals surface area contributed by atoms with E-state index in [9.17, 15) is 4.79 Å². The van der Waals surface area contributed by atoms with Gasteiger partial charge in [-0.3, -0.25) is 9.78 Å². The molecule has 2 heterocycles. The van der Waals surface area contributed by atoms with Crippen molar-refractivity contribution < 1.29 is 14.3 Å². The van der Waals surface area contributed by atoms with Crippen LogP contribution in [0.1, 0.15) is 45.3 Å². The summed E-state index contributed by atoms with van der Waals surface area (Å²) in [7, 11) is 0. The second kappa shape index (κ2) is 7.53. The molecular formula is C23H18N2O3. The molecule has 1 atom stereocenters. The Labute approximate surface area is 163 Å². The first kappa shape index (κ1) is 17.7. The van der Waals surface area contributed by atoms with Gasteiger partial charge in [-0.1, -0.05) is 12.1 Å². The highest BCUT2D eigenvalue weighted by Gasteiger charge is 2.21. The number of aryl methyl sites for hydroxylation is 1. The van der Waals surface area contributed by atoms with Crippen LogP contribution in [0.25, 0.3) is 0 Å². The molecule has 0 bridgehead atoms. The molecule has 5 nitrogen and oxygen atoms in total. The van der Waals surface area contributed by atoms with Gasteiger partial charge in [0.05, 0.1) is 23.8 Å². The normalized spacial score (nSPS) is 13.8. The van der Waals surface area contributed by atoms with Crippen molar-refractivity contribution in [1.82, 2.24) is 4.98 Å². The summed E-state index contributed by atoms with van der Waals surface area (Å²) in [5, 5.41) is 9.06. The zero-order valence-electron chi connectivity index (χ0n) is 15.4. The van der Waals surface area contributed by atoms with E-state index in [1.165, 1.54) is 0 Å². The standard InChI is InChI=1S/C23H18N2O3/c1-15-12-18(8-10-25-15)23(17-4-2-16(14-24)3-5-17)28-19-6-7-20-21(26)9-11-27-22(20)13-19/h2-8,10,12-13,23H,9,11H2,1H3/t23-/m1/s1. The fourth-order valence-corrected chi connectivity index (χ4v) is 3.24. The minimum absolute atomic E-state index is 0.0844. The smallest absolute Gasteiger partial charge is 0.169 e. The number of fused-ring (bicyclic) bond motifs is 1. The minimum atomic E-state index is -0.383. The Hall–Kier alpha value is -3.65. The highest BCUT2D eigenvalue weighted by Crippen LogP contribution is 2.34. The fourth-order valence-electron chi connectivity index (χ4n) is 3.24. The lowest BCUT2D eigenvalue weighted by Gasteiger charge is -2.22. The van der Waals surface area contributed by atoms with Crippen LogP contribution >= 0.6 is 0 Å². The zero-order chi connectivity index (χ0) is 19.5. The Balaban J connectivity index is 1.71. The van der Waals surface area contributed by atoms with E-state index in [2.05, 4.69) is 11.1 Å². The molecule has 28 heavy (non-hydrogen) atoms. The van der Waals surface area contributed by atoms with Crippen molar-refractivity contribution in [2.45, 2.75) is 19.4 Å². The monoisotopic (exact) mass is 370 g/mol. The third-order valence-electron chi connectivity index (χ3n) is 4.66. The van der Waals surface area contributed by atoms with Crippen molar-refractivity contribution in [3.63, 3.8) is 0 Å². The molecule has 0 amide bonds. The summed E-state index contributed by atoms with van der Waals surface area (Å²) < 4.78 is 11.9. The van der Waals surface area contributed by atoms with Crippen LogP contribution in [0.4, 0.5) is 0 Å². The van der Waals surface area contributed by atoms with Crippen LogP contribution in [0.2, 0.25) is 0 Å². The number of aromatic nitrogens is 1. The Kier molecular flexibility index (Phi) is 4.77. The molecule has 2 aromatic carbocycles. The first-order valence-corrected chi connectivity index (χ1v) is 9.03. The maximum Gasteiger partial charge on any atom is 0.169 e. The van der Waals surface area contributed by atoms with E-state index in [0.717, 1.165) is 16.8 Å². The number of nitriles is 1. The highest BCUT2D eigenvalue weighted by atomic mass is 16.5. The number of Topliss-reactive ketones (excluding diaryl/α,β-unsaturated/α-hetero) is 1. The molecule has 5 heteroatoms. The number of nitrogens with zero attached hydrogens (tertiary/aromatic N) is 2. The van der Waals surface area contributed by atoms with Gasteiger partial charge in [0.15, 0.2) is 5.78 Å². The number of ketones is 1. The fraction of sp³-hybridized carbons (Fsp3) is 0.174. The number of carbonyl (C=O) groups is 1.